The number of amides is 2. The molecule has 0 spiro atoms. The molecule has 2 aliphatic rings. The molecule has 0 saturated heterocycles. The van der Waals surface area contributed by atoms with E-state index in [4.69, 9.17) is 18.7 Å². The Hall–Kier alpha value is -4.01. The molecule has 2 aromatic carbocycles. The van der Waals surface area contributed by atoms with Crippen LogP contribution in [0.3, 0.4) is 0 Å². The van der Waals surface area contributed by atoms with Crippen molar-refractivity contribution in [2.45, 2.75) is 13.0 Å². The van der Waals surface area contributed by atoms with Gasteiger partial charge in [-0.3, -0.25) is 9.59 Å². The highest BCUT2D eigenvalue weighted by Gasteiger charge is 2.29. The molecule has 3 aromatic rings. The summed E-state index contributed by atoms with van der Waals surface area (Å²) >= 11 is 0. The Morgan fingerprint density at radius 2 is 1.84 bits per heavy atom. The number of anilines is 2. The van der Waals surface area contributed by atoms with Gasteiger partial charge in [-0.15, -0.1) is 0 Å². The van der Waals surface area contributed by atoms with Crippen molar-refractivity contribution in [1.82, 2.24) is 5.16 Å². The SMILES string of the molecule is C[C@@H]1Oc2ccc(NC(=O)c3cc(-c4ccc5c(c4)OCCO5)on3)cc2N(C)C1=O. The first-order valence-corrected chi connectivity index (χ1v) is 9.76. The van der Waals surface area contributed by atoms with Crippen LogP contribution in [0.15, 0.2) is 47.0 Å². The highest BCUT2D eigenvalue weighted by Crippen LogP contribution is 2.36. The van der Waals surface area contributed by atoms with Crippen molar-refractivity contribution in [2.24, 2.45) is 0 Å². The van der Waals surface area contributed by atoms with Crippen LogP contribution in [0.5, 0.6) is 17.2 Å². The van der Waals surface area contributed by atoms with Crippen LogP contribution in [0.2, 0.25) is 0 Å². The van der Waals surface area contributed by atoms with Crippen molar-refractivity contribution in [3.63, 3.8) is 0 Å². The van der Waals surface area contributed by atoms with Crippen molar-refractivity contribution in [1.29, 1.82) is 0 Å². The van der Waals surface area contributed by atoms with E-state index in [2.05, 4.69) is 10.5 Å². The molecule has 0 radical (unpaired) electrons. The van der Waals surface area contributed by atoms with Gasteiger partial charge in [0.15, 0.2) is 29.1 Å². The molecule has 0 saturated carbocycles. The number of hydrogen-bond acceptors (Lipinski definition) is 7. The zero-order valence-corrected chi connectivity index (χ0v) is 16.9. The Morgan fingerprint density at radius 1 is 1.06 bits per heavy atom. The van der Waals surface area contributed by atoms with Crippen molar-refractivity contribution >= 4 is 23.2 Å². The normalized spacial score (nSPS) is 17.0. The summed E-state index contributed by atoms with van der Waals surface area (Å²) in [5.41, 5.74) is 1.93. The second-order valence-corrected chi connectivity index (χ2v) is 7.23. The van der Waals surface area contributed by atoms with Crippen LogP contribution in [0.1, 0.15) is 17.4 Å². The van der Waals surface area contributed by atoms with Gasteiger partial charge in [-0.1, -0.05) is 5.16 Å². The third kappa shape index (κ3) is 3.43. The first-order chi connectivity index (χ1) is 15.0. The van der Waals surface area contributed by atoms with Gasteiger partial charge < -0.3 is 29.0 Å². The third-order valence-corrected chi connectivity index (χ3v) is 5.13. The second-order valence-electron chi connectivity index (χ2n) is 7.23. The van der Waals surface area contributed by atoms with E-state index in [9.17, 15) is 9.59 Å². The number of hydrogen-bond donors (Lipinski definition) is 1. The van der Waals surface area contributed by atoms with Crippen LogP contribution < -0.4 is 24.4 Å². The smallest absolute Gasteiger partial charge is 0.277 e. The Kier molecular flexibility index (Phi) is 4.50. The number of benzene rings is 2. The average Bonchev–Trinajstić information content (AvgIpc) is 3.28. The Morgan fingerprint density at radius 3 is 2.68 bits per heavy atom. The summed E-state index contributed by atoms with van der Waals surface area (Å²) in [4.78, 5) is 26.3. The number of ether oxygens (including phenoxy) is 3. The standard InChI is InChI=1S/C22H19N3O6/c1-12-22(27)25(2)16-10-14(4-6-17(16)30-12)23-21(26)15-11-19(31-24-15)13-3-5-18-20(9-13)29-8-7-28-18/h3-6,9-12H,7-8H2,1-2H3,(H,23,26)/t12-/m0/s1. The number of nitrogens with zero attached hydrogens (tertiary/aromatic N) is 2. The number of likely N-dealkylation sites (N-methyl/N-ethyl adjacent to an activating group) is 1. The molecule has 1 atom stereocenters. The third-order valence-electron chi connectivity index (χ3n) is 5.13. The maximum Gasteiger partial charge on any atom is 0.277 e. The molecule has 0 aliphatic carbocycles. The van der Waals surface area contributed by atoms with E-state index < -0.39 is 12.0 Å². The van der Waals surface area contributed by atoms with Crippen molar-refractivity contribution in [3.8, 4) is 28.6 Å². The van der Waals surface area contributed by atoms with E-state index in [1.54, 1.807) is 50.4 Å². The quantitative estimate of drug-likeness (QED) is 0.693. The largest absolute Gasteiger partial charge is 0.486 e. The highest BCUT2D eigenvalue weighted by molar-refractivity contribution is 6.05. The lowest BCUT2D eigenvalue weighted by Crippen LogP contribution is -2.41. The zero-order chi connectivity index (χ0) is 21.5. The molecule has 0 fully saturated rings. The van der Waals surface area contributed by atoms with Gasteiger partial charge in [-0.05, 0) is 43.3 Å². The van der Waals surface area contributed by atoms with Crippen molar-refractivity contribution in [3.05, 3.63) is 48.2 Å². The topological polar surface area (TPSA) is 103 Å². The molecule has 0 unspecified atom stereocenters. The van der Waals surface area contributed by atoms with E-state index >= 15 is 0 Å². The first kappa shape index (κ1) is 19.0. The van der Waals surface area contributed by atoms with Gasteiger partial charge in [0.25, 0.3) is 11.8 Å². The number of rotatable bonds is 3. The number of carbonyl (C=O) groups is 2. The van der Waals surface area contributed by atoms with Gasteiger partial charge in [-0.2, -0.15) is 0 Å². The van der Waals surface area contributed by atoms with Gasteiger partial charge >= 0.3 is 0 Å². The lowest BCUT2D eigenvalue weighted by atomic mass is 10.1. The molecule has 5 rings (SSSR count). The van der Waals surface area contributed by atoms with Crippen LogP contribution in [0.4, 0.5) is 11.4 Å². The fourth-order valence-corrected chi connectivity index (χ4v) is 3.50. The van der Waals surface area contributed by atoms with Gasteiger partial charge in [-0.25, -0.2) is 0 Å². The van der Waals surface area contributed by atoms with Crippen molar-refractivity contribution in [2.75, 3.05) is 30.5 Å². The molecule has 3 heterocycles. The molecule has 9 nitrogen and oxygen atoms in total. The minimum Gasteiger partial charge on any atom is -0.486 e. The lowest BCUT2D eigenvalue weighted by molar-refractivity contribution is -0.125. The van der Waals surface area contributed by atoms with Crippen LogP contribution in [0.25, 0.3) is 11.3 Å². The summed E-state index contributed by atoms with van der Waals surface area (Å²) in [5, 5.41) is 6.65. The van der Waals surface area contributed by atoms with Crippen LogP contribution in [-0.4, -0.2) is 43.3 Å². The minimum absolute atomic E-state index is 0.122. The summed E-state index contributed by atoms with van der Waals surface area (Å²) in [7, 11) is 1.67. The van der Waals surface area contributed by atoms with Crippen LogP contribution >= 0.6 is 0 Å². The maximum atomic E-state index is 12.7. The van der Waals surface area contributed by atoms with Gasteiger partial charge in [0.2, 0.25) is 0 Å². The summed E-state index contributed by atoms with van der Waals surface area (Å²) in [6, 6.07) is 12.0. The minimum atomic E-state index is -0.549. The molecule has 1 aromatic heterocycles. The molecular weight excluding hydrogens is 402 g/mol. The Labute approximate surface area is 177 Å². The molecule has 1 N–H and O–H groups in total. The van der Waals surface area contributed by atoms with Gasteiger partial charge in [0.05, 0.1) is 5.69 Å². The number of aromatic nitrogens is 1. The second kappa shape index (κ2) is 7.35. The average molecular weight is 421 g/mol. The summed E-state index contributed by atoms with van der Waals surface area (Å²) in [6.45, 7) is 2.68. The fraction of sp³-hybridized carbons (Fsp3) is 0.227. The lowest BCUT2D eigenvalue weighted by Gasteiger charge is -2.30. The van der Waals surface area contributed by atoms with E-state index in [-0.39, 0.29) is 11.6 Å². The molecule has 2 amide bonds. The van der Waals surface area contributed by atoms with E-state index in [1.165, 1.54) is 4.90 Å². The highest BCUT2D eigenvalue weighted by atomic mass is 16.6. The van der Waals surface area contributed by atoms with Crippen molar-refractivity contribution < 1.29 is 28.3 Å². The van der Waals surface area contributed by atoms with E-state index in [0.717, 1.165) is 5.56 Å². The molecule has 9 heteroatoms. The fourth-order valence-electron chi connectivity index (χ4n) is 3.50. The Balaban J connectivity index is 1.34. The first-order valence-electron chi connectivity index (χ1n) is 9.76. The monoisotopic (exact) mass is 421 g/mol. The number of carbonyl (C=O) groups excluding carboxylic acids is 2. The maximum absolute atomic E-state index is 12.7. The molecule has 31 heavy (non-hydrogen) atoms. The van der Waals surface area contributed by atoms with E-state index in [0.29, 0.717) is 47.6 Å². The molecular formula is C22H19N3O6. The zero-order valence-electron chi connectivity index (χ0n) is 16.9. The Bertz CT molecular complexity index is 1190. The predicted octanol–water partition coefficient (Wildman–Crippen LogP) is 3.11. The number of fused-ring (bicyclic) bond motifs is 2. The van der Waals surface area contributed by atoms with E-state index in [1.807, 2.05) is 6.07 Å². The number of nitrogens with one attached hydrogen (secondary N) is 1. The van der Waals surface area contributed by atoms with Gasteiger partial charge in [0.1, 0.15) is 19.0 Å². The summed E-state index contributed by atoms with van der Waals surface area (Å²) in [5.74, 6) is 1.70. The van der Waals surface area contributed by atoms with Crippen LogP contribution in [0, 0.1) is 0 Å². The summed E-state index contributed by atoms with van der Waals surface area (Å²) in [6.07, 6.45) is -0.549. The van der Waals surface area contributed by atoms with Gasteiger partial charge in [0, 0.05) is 24.4 Å². The molecule has 158 valence electrons. The molecule has 0 bridgehead atoms. The molecule has 2 aliphatic heterocycles. The summed E-state index contributed by atoms with van der Waals surface area (Å²) < 4.78 is 22.1. The van der Waals surface area contributed by atoms with Crippen LogP contribution in [-0.2, 0) is 4.79 Å². The predicted molar refractivity (Wildman–Crippen MR) is 111 cm³/mol.